The maximum Gasteiger partial charge on any atom is 0.271 e. The third-order valence-electron chi connectivity index (χ3n) is 6.96. The van der Waals surface area contributed by atoms with Gasteiger partial charge in [-0.25, -0.2) is 0 Å². The minimum atomic E-state index is -0.184. The van der Waals surface area contributed by atoms with E-state index in [9.17, 15) is 4.79 Å². The van der Waals surface area contributed by atoms with E-state index in [-0.39, 0.29) is 11.7 Å². The predicted molar refractivity (Wildman–Crippen MR) is 145 cm³/mol. The molecule has 0 bridgehead atoms. The molecule has 4 aromatic rings. The summed E-state index contributed by atoms with van der Waals surface area (Å²) in [6.07, 6.45) is 2.25. The number of morpholine rings is 1. The van der Waals surface area contributed by atoms with Crippen molar-refractivity contribution in [3.8, 4) is 11.5 Å². The van der Waals surface area contributed by atoms with Gasteiger partial charge in [0.2, 0.25) is 0 Å². The Morgan fingerprint density at radius 1 is 1.08 bits per heavy atom. The summed E-state index contributed by atoms with van der Waals surface area (Å²) in [6, 6.07) is 20.4. The van der Waals surface area contributed by atoms with Gasteiger partial charge in [0.25, 0.3) is 5.56 Å². The predicted octanol–water partition coefficient (Wildman–Crippen LogP) is 5.27. The highest BCUT2D eigenvalue weighted by Crippen LogP contribution is 2.43. The highest BCUT2D eigenvalue weighted by Gasteiger charge is 2.29. The summed E-state index contributed by atoms with van der Waals surface area (Å²) in [6.45, 7) is 6.60. The van der Waals surface area contributed by atoms with Crippen molar-refractivity contribution >= 4 is 11.4 Å². The molecule has 188 valence electrons. The van der Waals surface area contributed by atoms with Crippen LogP contribution in [-0.2, 0) is 17.7 Å². The SMILES string of the molecule is Cc1cc(C)nc(CNc2ccc3c(c2)Cc2cccc(C4CN(c5ccc[nH]c5=O)CCO4)c2O3)c1. The number of hydrogen-bond donors (Lipinski definition) is 2. The van der Waals surface area contributed by atoms with Crippen LogP contribution in [0.1, 0.15) is 39.7 Å². The average Bonchev–Trinajstić information content (AvgIpc) is 2.90. The van der Waals surface area contributed by atoms with E-state index in [4.69, 9.17) is 9.47 Å². The Labute approximate surface area is 216 Å². The van der Waals surface area contributed by atoms with Gasteiger partial charge in [0, 0.05) is 48.2 Å². The van der Waals surface area contributed by atoms with Gasteiger partial charge in [-0.15, -0.1) is 0 Å². The van der Waals surface area contributed by atoms with Crippen LogP contribution in [0.2, 0.25) is 0 Å². The van der Waals surface area contributed by atoms with E-state index in [1.54, 1.807) is 6.20 Å². The number of benzene rings is 2. The molecule has 2 aliphatic heterocycles. The quantitative estimate of drug-likeness (QED) is 0.346. The zero-order chi connectivity index (χ0) is 25.4. The number of nitrogens with zero attached hydrogens (tertiary/aromatic N) is 2. The van der Waals surface area contributed by atoms with Gasteiger partial charge in [-0.05, 0) is 67.4 Å². The largest absolute Gasteiger partial charge is 0.456 e. The van der Waals surface area contributed by atoms with E-state index in [2.05, 4.69) is 69.6 Å². The first-order valence-electron chi connectivity index (χ1n) is 12.7. The number of aryl methyl sites for hydroxylation is 2. The first-order chi connectivity index (χ1) is 18.0. The lowest BCUT2D eigenvalue weighted by molar-refractivity contribution is 0.0383. The summed E-state index contributed by atoms with van der Waals surface area (Å²) in [5, 5.41) is 3.51. The second-order valence-corrected chi connectivity index (χ2v) is 9.76. The highest BCUT2D eigenvalue weighted by atomic mass is 16.5. The number of hydrogen-bond acceptors (Lipinski definition) is 6. The first-order valence-corrected chi connectivity index (χ1v) is 12.7. The van der Waals surface area contributed by atoms with E-state index in [1.807, 2.05) is 25.1 Å². The summed E-state index contributed by atoms with van der Waals surface area (Å²) in [5.74, 6) is 1.73. The van der Waals surface area contributed by atoms with Gasteiger partial charge < -0.3 is 24.7 Å². The fraction of sp³-hybridized carbons (Fsp3) is 0.267. The van der Waals surface area contributed by atoms with Gasteiger partial charge in [-0.2, -0.15) is 0 Å². The number of pyridine rings is 2. The maximum absolute atomic E-state index is 12.3. The molecule has 1 saturated heterocycles. The number of para-hydroxylation sites is 1. The van der Waals surface area contributed by atoms with Gasteiger partial charge in [-0.3, -0.25) is 9.78 Å². The third kappa shape index (κ3) is 4.82. The van der Waals surface area contributed by atoms with Gasteiger partial charge in [0.15, 0.2) is 0 Å². The third-order valence-corrected chi connectivity index (χ3v) is 6.96. The van der Waals surface area contributed by atoms with E-state index in [1.165, 1.54) is 5.56 Å². The molecule has 1 atom stereocenters. The van der Waals surface area contributed by atoms with Crippen LogP contribution in [0.25, 0.3) is 0 Å². The number of fused-ring (bicyclic) bond motifs is 2. The van der Waals surface area contributed by atoms with Crippen molar-refractivity contribution in [2.75, 3.05) is 29.9 Å². The molecule has 7 nitrogen and oxygen atoms in total. The second-order valence-electron chi connectivity index (χ2n) is 9.76. The molecular formula is C30H30N4O3. The molecule has 2 aromatic carbocycles. The molecule has 1 unspecified atom stereocenters. The van der Waals surface area contributed by atoms with Gasteiger partial charge in [-0.1, -0.05) is 18.2 Å². The van der Waals surface area contributed by atoms with E-state index in [0.717, 1.165) is 51.7 Å². The summed E-state index contributed by atoms with van der Waals surface area (Å²) in [7, 11) is 0. The standard InChI is InChI=1S/C30H30N4O3/c1-19-13-20(2)33-24(14-19)17-32-23-8-9-27-22(16-23)15-21-5-3-6-25(29(21)37-27)28-18-34(11-12-36-28)26-7-4-10-31-30(26)35/h3-10,13-14,16,28,32H,11-12,15,17-18H2,1-2H3,(H,31,35). The minimum absolute atomic E-state index is 0.0823. The molecule has 2 aromatic heterocycles. The van der Waals surface area contributed by atoms with Gasteiger partial charge in [0.1, 0.15) is 23.3 Å². The number of H-pyrrole nitrogens is 1. The van der Waals surface area contributed by atoms with E-state index < -0.39 is 0 Å². The molecule has 2 aliphatic rings. The maximum atomic E-state index is 12.3. The zero-order valence-corrected chi connectivity index (χ0v) is 21.1. The Morgan fingerprint density at radius 2 is 2.00 bits per heavy atom. The van der Waals surface area contributed by atoms with Crippen molar-refractivity contribution < 1.29 is 9.47 Å². The van der Waals surface area contributed by atoms with Crippen LogP contribution in [-0.4, -0.2) is 29.7 Å². The monoisotopic (exact) mass is 494 g/mol. The van der Waals surface area contributed by atoms with Crippen LogP contribution in [0, 0.1) is 13.8 Å². The molecule has 0 radical (unpaired) electrons. The molecular weight excluding hydrogens is 464 g/mol. The lowest BCUT2D eigenvalue weighted by Gasteiger charge is -2.35. The molecule has 6 rings (SSSR count). The Hall–Kier alpha value is -4.10. The van der Waals surface area contributed by atoms with Gasteiger partial charge in [0.05, 0.1) is 18.8 Å². The van der Waals surface area contributed by atoms with Crippen LogP contribution in [0.3, 0.4) is 0 Å². The second kappa shape index (κ2) is 9.75. The van der Waals surface area contributed by atoms with E-state index in [0.29, 0.717) is 31.9 Å². The number of ether oxygens (including phenoxy) is 2. The van der Waals surface area contributed by atoms with Crippen LogP contribution >= 0.6 is 0 Å². The number of aromatic amines is 1. The van der Waals surface area contributed by atoms with Crippen LogP contribution in [0.15, 0.2) is 71.7 Å². The van der Waals surface area contributed by atoms with Crippen molar-refractivity contribution in [3.05, 3.63) is 111 Å². The Morgan fingerprint density at radius 3 is 2.86 bits per heavy atom. The molecule has 0 saturated carbocycles. The Bertz CT molecular complexity index is 1490. The summed E-state index contributed by atoms with van der Waals surface area (Å²) >= 11 is 0. The summed E-state index contributed by atoms with van der Waals surface area (Å²) in [5.41, 5.74) is 8.21. The molecule has 4 heterocycles. The lowest BCUT2D eigenvalue weighted by Crippen LogP contribution is -2.41. The van der Waals surface area contributed by atoms with Gasteiger partial charge >= 0.3 is 0 Å². The molecule has 7 heteroatoms. The molecule has 0 spiro atoms. The molecule has 37 heavy (non-hydrogen) atoms. The van der Waals surface area contributed by atoms with Crippen molar-refractivity contribution in [1.29, 1.82) is 0 Å². The topological polar surface area (TPSA) is 79.5 Å². The molecule has 2 N–H and O–H groups in total. The van der Waals surface area contributed by atoms with Crippen molar-refractivity contribution in [3.63, 3.8) is 0 Å². The van der Waals surface area contributed by atoms with Crippen molar-refractivity contribution in [2.24, 2.45) is 0 Å². The number of nitrogens with one attached hydrogen (secondary N) is 2. The smallest absolute Gasteiger partial charge is 0.271 e. The average molecular weight is 495 g/mol. The molecule has 1 fully saturated rings. The van der Waals surface area contributed by atoms with E-state index >= 15 is 0 Å². The van der Waals surface area contributed by atoms with Crippen LogP contribution in [0.4, 0.5) is 11.4 Å². The van der Waals surface area contributed by atoms with Crippen LogP contribution < -0.4 is 20.5 Å². The minimum Gasteiger partial charge on any atom is -0.456 e. The highest BCUT2D eigenvalue weighted by molar-refractivity contribution is 5.59. The molecule has 0 aliphatic carbocycles. The number of rotatable bonds is 5. The zero-order valence-electron chi connectivity index (χ0n) is 21.1. The summed E-state index contributed by atoms with van der Waals surface area (Å²) in [4.78, 5) is 21.8. The number of anilines is 2. The molecule has 0 amide bonds. The van der Waals surface area contributed by atoms with Crippen LogP contribution in [0.5, 0.6) is 11.5 Å². The summed E-state index contributed by atoms with van der Waals surface area (Å²) < 4.78 is 12.6. The van der Waals surface area contributed by atoms with Crippen molar-refractivity contribution in [2.45, 2.75) is 32.9 Å². The fourth-order valence-corrected chi connectivity index (χ4v) is 5.29. The Kier molecular flexibility index (Phi) is 6.14. The first kappa shape index (κ1) is 23.3. The number of aromatic nitrogens is 2. The normalized spacial score (nSPS) is 16.5. The Balaban J connectivity index is 1.20. The van der Waals surface area contributed by atoms with Crippen molar-refractivity contribution in [1.82, 2.24) is 9.97 Å². The lowest BCUT2D eigenvalue weighted by atomic mass is 9.95. The fourth-order valence-electron chi connectivity index (χ4n) is 5.29.